The van der Waals surface area contributed by atoms with Crippen LogP contribution in [0.2, 0.25) is 0 Å². The lowest BCUT2D eigenvalue weighted by atomic mass is 10.2. The number of nitro groups is 1. The Kier molecular flexibility index (Phi) is 4.73. The number of nitrogens with zero attached hydrogens (tertiary/aromatic N) is 2. The molecule has 0 aromatic heterocycles. The van der Waals surface area contributed by atoms with Crippen LogP contribution in [-0.2, 0) is 0 Å². The van der Waals surface area contributed by atoms with Crippen LogP contribution in [0.5, 0.6) is 0 Å². The lowest BCUT2D eigenvalue weighted by molar-refractivity contribution is -0.384. The minimum absolute atomic E-state index is 0.0573. The highest BCUT2D eigenvalue weighted by Gasteiger charge is 2.25. The second-order valence-corrected chi connectivity index (χ2v) is 3.44. The van der Waals surface area contributed by atoms with E-state index in [0.717, 1.165) is 11.0 Å². The van der Waals surface area contributed by atoms with Crippen molar-refractivity contribution in [3.05, 3.63) is 46.5 Å². The summed E-state index contributed by atoms with van der Waals surface area (Å²) in [4.78, 5) is 11.2. The van der Waals surface area contributed by atoms with Gasteiger partial charge in [0.1, 0.15) is 0 Å². The fourth-order valence-corrected chi connectivity index (χ4v) is 1.55. The highest BCUT2D eigenvalue weighted by Crippen LogP contribution is 2.32. The van der Waals surface area contributed by atoms with Crippen molar-refractivity contribution in [2.75, 3.05) is 24.6 Å². The summed E-state index contributed by atoms with van der Waals surface area (Å²) in [6.45, 7) is 3.07. The molecular formula is C11H12F2N2O3. The third-order valence-electron chi connectivity index (χ3n) is 2.28. The molecule has 0 fully saturated rings. The number of nitro benzene ring substituents is 1. The van der Waals surface area contributed by atoms with Crippen molar-refractivity contribution >= 4 is 11.4 Å². The molecule has 0 atom stereocenters. The second-order valence-electron chi connectivity index (χ2n) is 3.44. The molecule has 18 heavy (non-hydrogen) atoms. The van der Waals surface area contributed by atoms with Crippen LogP contribution in [-0.4, -0.2) is 29.7 Å². The van der Waals surface area contributed by atoms with Crippen molar-refractivity contribution in [1.29, 1.82) is 0 Å². The number of aliphatic hydroxyl groups is 1. The number of hydrogen-bond acceptors (Lipinski definition) is 4. The lowest BCUT2D eigenvalue weighted by Gasteiger charge is -2.22. The Morgan fingerprint density at radius 2 is 2.17 bits per heavy atom. The van der Waals surface area contributed by atoms with Crippen LogP contribution >= 0.6 is 0 Å². The molecule has 0 radical (unpaired) electrons. The molecule has 7 heteroatoms. The minimum atomic E-state index is -1.31. The summed E-state index contributed by atoms with van der Waals surface area (Å²) in [5.41, 5.74) is -1.03. The van der Waals surface area contributed by atoms with E-state index < -0.39 is 27.9 Å². The van der Waals surface area contributed by atoms with E-state index in [4.69, 9.17) is 5.11 Å². The molecule has 0 heterocycles. The Balaban J connectivity index is 3.36. The number of aliphatic hydroxyl groups excluding tert-OH is 1. The Morgan fingerprint density at radius 1 is 1.50 bits per heavy atom. The van der Waals surface area contributed by atoms with Gasteiger partial charge >= 0.3 is 0 Å². The molecule has 5 nitrogen and oxygen atoms in total. The molecule has 0 aliphatic heterocycles. The van der Waals surface area contributed by atoms with Gasteiger partial charge < -0.3 is 10.0 Å². The average molecular weight is 258 g/mol. The molecule has 0 unspecified atom stereocenters. The molecule has 0 saturated heterocycles. The maximum Gasteiger partial charge on any atom is 0.295 e. The number of hydrogen-bond donors (Lipinski definition) is 1. The standard InChI is InChI=1S/C11H12F2N2O3/c1-2-5-14(6-7-16)11-9(15(17)18)4-3-8(12)10(11)13/h2-4,16H,1,5-7H2. The first-order chi connectivity index (χ1) is 8.52. The van der Waals surface area contributed by atoms with Gasteiger partial charge in [-0.15, -0.1) is 6.58 Å². The molecule has 0 bridgehead atoms. The quantitative estimate of drug-likeness (QED) is 0.480. The molecule has 1 rings (SSSR count). The number of anilines is 1. The van der Waals surface area contributed by atoms with E-state index in [-0.39, 0.29) is 19.7 Å². The maximum absolute atomic E-state index is 13.7. The normalized spacial score (nSPS) is 10.2. The Hall–Kier alpha value is -2.02. The molecule has 0 amide bonds. The van der Waals surface area contributed by atoms with Crippen molar-refractivity contribution in [3.63, 3.8) is 0 Å². The first-order valence-electron chi connectivity index (χ1n) is 5.12. The van der Waals surface area contributed by atoms with E-state index in [2.05, 4.69) is 6.58 Å². The second kappa shape index (κ2) is 6.06. The Morgan fingerprint density at radius 3 is 2.67 bits per heavy atom. The van der Waals surface area contributed by atoms with Gasteiger partial charge in [0.2, 0.25) is 0 Å². The van der Waals surface area contributed by atoms with Crippen LogP contribution < -0.4 is 4.90 Å². The van der Waals surface area contributed by atoms with Gasteiger partial charge in [0, 0.05) is 19.2 Å². The topological polar surface area (TPSA) is 66.6 Å². The largest absolute Gasteiger partial charge is 0.395 e. The lowest BCUT2D eigenvalue weighted by Crippen LogP contribution is -2.28. The van der Waals surface area contributed by atoms with Gasteiger partial charge in [-0.1, -0.05) is 6.08 Å². The molecule has 1 aromatic carbocycles. The fraction of sp³-hybridized carbons (Fsp3) is 0.273. The van der Waals surface area contributed by atoms with Crippen LogP contribution in [0.4, 0.5) is 20.2 Å². The highest BCUT2D eigenvalue weighted by molar-refractivity contribution is 5.64. The molecule has 1 aromatic rings. The monoisotopic (exact) mass is 258 g/mol. The van der Waals surface area contributed by atoms with E-state index in [1.165, 1.54) is 6.08 Å². The maximum atomic E-state index is 13.7. The minimum Gasteiger partial charge on any atom is -0.395 e. The summed E-state index contributed by atoms with van der Waals surface area (Å²) < 4.78 is 26.8. The Bertz CT molecular complexity index is 466. The smallest absolute Gasteiger partial charge is 0.295 e. The SMILES string of the molecule is C=CCN(CCO)c1c([N+](=O)[O-])ccc(F)c1F. The summed E-state index contributed by atoms with van der Waals surface area (Å²) in [6.07, 6.45) is 1.38. The summed E-state index contributed by atoms with van der Waals surface area (Å²) in [7, 11) is 0. The fourth-order valence-electron chi connectivity index (χ4n) is 1.55. The van der Waals surface area contributed by atoms with E-state index in [1.807, 2.05) is 0 Å². The molecule has 0 aliphatic carbocycles. The van der Waals surface area contributed by atoms with Gasteiger partial charge in [-0.25, -0.2) is 8.78 Å². The van der Waals surface area contributed by atoms with Gasteiger partial charge in [0.15, 0.2) is 17.3 Å². The van der Waals surface area contributed by atoms with Crippen LogP contribution in [0.25, 0.3) is 0 Å². The summed E-state index contributed by atoms with van der Waals surface area (Å²) in [5, 5.41) is 19.7. The number of halogens is 2. The van der Waals surface area contributed by atoms with Crippen LogP contribution in [0, 0.1) is 21.7 Å². The zero-order valence-electron chi connectivity index (χ0n) is 9.47. The van der Waals surface area contributed by atoms with Crippen molar-refractivity contribution in [2.45, 2.75) is 0 Å². The molecule has 0 aliphatic rings. The first kappa shape index (κ1) is 14.0. The predicted molar refractivity (Wildman–Crippen MR) is 62.5 cm³/mol. The summed E-state index contributed by atoms with van der Waals surface area (Å²) in [5.74, 6) is -2.48. The zero-order valence-corrected chi connectivity index (χ0v) is 9.47. The van der Waals surface area contributed by atoms with Crippen molar-refractivity contribution in [3.8, 4) is 0 Å². The first-order valence-corrected chi connectivity index (χ1v) is 5.12. The zero-order chi connectivity index (χ0) is 13.7. The van der Waals surface area contributed by atoms with Crippen molar-refractivity contribution in [1.82, 2.24) is 0 Å². The van der Waals surface area contributed by atoms with Gasteiger partial charge in [-0.3, -0.25) is 10.1 Å². The molecule has 1 N–H and O–H groups in total. The van der Waals surface area contributed by atoms with E-state index >= 15 is 0 Å². The van der Waals surface area contributed by atoms with Crippen molar-refractivity contribution < 1.29 is 18.8 Å². The van der Waals surface area contributed by atoms with Gasteiger partial charge in [0.05, 0.1) is 11.5 Å². The Labute approximate surface area is 102 Å². The van der Waals surface area contributed by atoms with Crippen LogP contribution in [0.1, 0.15) is 0 Å². The van der Waals surface area contributed by atoms with E-state index in [9.17, 15) is 18.9 Å². The molecule has 0 spiro atoms. The predicted octanol–water partition coefficient (Wildman–Crippen LogP) is 1.86. The highest BCUT2D eigenvalue weighted by atomic mass is 19.2. The van der Waals surface area contributed by atoms with Crippen LogP contribution in [0.15, 0.2) is 24.8 Å². The molecule has 98 valence electrons. The van der Waals surface area contributed by atoms with Crippen molar-refractivity contribution in [2.24, 2.45) is 0 Å². The third-order valence-corrected chi connectivity index (χ3v) is 2.28. The van der Waals surface area contributed by atoms with Gasteiger partial charge in [-0.2, -0.15) is 0 Å². The van der Waals surface area contributed by atoms with E-state index in [0.29, 0.717) is 6.07 Å². The molecule has 0 saturated carbocycles. The summed E-state index contributed by atoms with van der Waals surface area (Å²) >= 11 is 0. The summed E-state index contributed by atoms with van der Waals surface area (Å²) in [6, 6.07) is 1.59. The molecular weight excluding hydrogens is 246 g/mol. The third kappa shape index (κ3) is 2.80. The van der Waals surface area contributed by atoms with E-state index in [1.54, 1.807) is 0 Å². The average Bonchev–Trinajstić information content (AvgIpc) is 2.32. The number of rotatable bonds is 6. The van der Waals surface area contributed by atoms with Gasteiger partial charge in [0.25, 0.3) is 5.69 Å². The van der Waals surface area contributed by atoms with Crippen LogP contribution in [0.3, 0.4) is 0 Å². The van der Waals surface area contributed by atoms with Gasteiger partial charge in [-0.05, 0) is 6.07 Å². The number of benzene rings is 1.